The highest BCUT2D eigenvalue weighted by molar-refractivity contribution is 7.89. The van der Waals surface area contributed by atoms with Crippen molar-refractivity contribution in [3.63, 3.8) is 0 Å². The van der Waals surface area contributed by atoms with E-state index in [1.165, 1.54) is 26.1 Å². The zero-order valence-corrected chi connectivity index (χ0v) is 18.3. The molecule has 0 radical (unpaired) electrons. The molecule has 0 aromatic heterocycles. The average Bonchev–Trinajstić information content (AvgIpc) is 2.77. The van der Waals surface area contributed by atoms with Gasteiger partial charge in [-0.05, 0) is 55.1 Å². The number of carbonyl (C=O) groups excluding carboxylic acids is 2. The van der Waals surface area contributed by atoms with Crippen LogP contribution in [-0.4, -0.2) is 33.4 Å². The molecule has 2 amide bonds. The predicted molar refractivity (Wildman–Crippen MR) is 117 cm³/mol. The number of carbonyl (C=O) groups is 2. The van der Waals surface area contributed by atoms with Crippen LogP contribution in [0.5, 0.6) is 5.75 Å². The fourth-order valence-corrected chi connectivity index (χ4v) is 3.71. The number of fused-ring (bicyclic) bond motifs is 1. The highest BCUT2D eigenvalue weighted by Gasteiger charge is 2.20. The largest absolute Gasteiger partial charge is 0.481 e. The summed E-state index contributed by atoms with van der Waals surface area (Å²) in [6.45, 7) is 1.53. The monoisotopic (exact) mass is 461 g/mol. The van der Waals surface area contributed by atoms with Crippen molar-refractivity contribution in [3.8, 4) is 5.75 Å². The van der Waals surface area contributed by atoms with Gasteiger partial charge in [0, 0.05) is 0 Å². The summed E-state index contributed by atoms with van der Waals surface area (Å²) in [5.41, 5.74) is 4.35. The molecule has 0 aliphatic carbocycles. The molecular weight excluding hydrogens is 442 g/mol. The molecule has 8 nitrogen and oxygen atoms in total. The third kappa shape index (κ3) is 5.32. The van der Waals surface area contributed by atoms with Gasteiger partial charge in [0.25, 0.3) is 11.8 Å². The van der Waals surface area contributed by atoms with Crippen LogP contribution in [0.1, 0.15) is 17.3 Å². The second-order valence-electron chi connectivity index (χ2n) is 6.56. The highest BCUT2D eigenvalue weighted by Crippen LogP contribution is 2.22. The lowest BCUT2D eigenvalue weighted by atomic mass is 10.1. The van der Waals surface area contributed by atoms with Crippen molar-refractivity contribution in [1.29, 1.82) is 0 Å². The Hall–Kier alpha value is -3.14. The van der Waals surface area contributed by atoms with Gasteiger partial charge in [0.15, 0.2) is 6.10 Å². The van der Waals surface area contributed by atoms with Gasteiger partial charge >= 0.3 is 0 Å². The van der Waals surface area contributed by atoms with Gasteiger partial charge in [-0.25, -0.2) is 13.1 Å². The van der Waals surface area contributed by atoms with Crippen molar-refractivity contribution < 1.29 is 22.7 Å². The van der Waals surface area contributed by atoms with E-state index in [0.717, 1.165) is 16.8 Å². The van der Waals surface area contributed by atoms with E-state index in [1.807, 2.05) is 36.4 Å². The van der Waals surface area contributed by atoms with Crippen molar-refractivity contribution in [2.24, 2.45) is 0 Å². The van der Waals surface area contributed by atoms with E-state index < -0.39 is 27.9 Å². The van der Waals surface area contributed by atoms with Crippen molar-refractivity contribution in [1.82, 2.24) is 15.6 Å². The van der Waals surface area contributed by atoms with Crippen molar-refractivity contribution in [2.75, 3.05) is 7.05 Å². The average molecular weight is 462 g/mol. The first-order valence-corrected chi connectivity index (χ1v) is 11.1. The molecule has 3 aromatic rings. The molecule has 3 rings (SSSR count). The number of halogens is 1. The summed E-state index contributed by atoms with van der Waals surface area (Å²) in [7, 11) is -2.51. The van der Waals surface area contributed by atoms with Crippen molar-refractivity contribution >= 4 is 44.2 Å². The first kappa shape index (κ1) is 22.5. The molecule has 3 aromatic carbocycles. The standard InChI is InChI=1S/C21H20ClN3O5S/c1-13(30-16-8-7-14-5-3-4-6-15(14)11-16)20(26)24-25-21(27)18-12-17(9-10-19(18)22)31(28,29)23-2/h3-13,23H,1-2H3,(H,24,26)(H,25,27). The minimum atomic E-state index is -3.76. The van der Waals surface area contributed by atoms with Gasteiger partial charge in [-0.3, -0.25) is 20.4 Å². The summed E-state index contributed by atoms with van der Waals surface area (Å²) in [5.74, 6) is -0.873. The third-order valence-electron chi connectivity index (χ3n) is 4.46. The van der Waals surface area contributed by atoms with Crippen LogP contribution in [0.25, 0.3) is 10.8 Å². The molecule has 0 saturated carbocycles. The van der Waals surface area contributed by atoms with E-state index in [9.17, 15) is 18.0 Å². The van der Waals surface area contributed by atoms with Crippen LogP contribution in [0.4, 0.5) is 0 Å². The number of ether oxygens (including phenoxy) is 1. The van der Waals surface area contributed by atoms with E-state index in [-0.39, 0.29) is 15.5 Å². The number of benzene rings is 3. The van der Waals surface area contributed by atoms with Gasteiger partial charge in [0.2, 0.25) is 10.0 Å². The Balaban J connectivity index is 1.64. The molecule has 1 atom stereocenters. The molecule has 162 valence electrons. The summed E-state index contributed by atoms with van der Waals surface area (Å²) in [6, 6.07) is 16.8. The van der Waals surface area contributed by atoms with Crippen LogP contribution in [0.3, 0.4) is 0 Å². The Bertz CT molecular complexity index is 1250. The molecular formula is C21H20ClN3O5S. The highest BCUT2D eigenvalue weighted by atomic mass is 35.5. The summed E-state index contributed by atoms with van der Waals surface area (Å²) in [4.78, 5) is 24.6. The maximum absolute atomic E-state index is 12.4. The molecule has 0 aliphatic heterocycles. The smallest absolute Gasteiger partial charge is 0.279 e. The molecule has 0 saturated heterocycles. The number of hydrogen-bond donors (Lipinski definition) is 3. The van der Waals surface area contributed by atoms with E-state index in [4.69, 9.17) is 16.3 Å². The van der Waals surface area contributed by atoms with Gasteiger partial charge < -0.3 is 4.74 Å². The Morgan fingerprint density at radius 3 is 2.39 bits per heavy atom. The first-order valence-electron chi connectivity index (χ1n) is 9.20. The van der Waals surface area contributed by atoms with Crippen LogP contribution in [0, 0.1) is 0 Å². The topological polar surface area (TPSA) is 114 Å². The minimum Gasteiger partial charge on any atom is -0.481 e. The van der Waals surface area contributed by atoms with Gasteiger partial charge in [-0.2, -0.15) is 0 Å². The van der Waals surface area contributed by atoms with Crippen LogP contribution in [-0.2, 0) is 14.8 Å². The quantitative estimate of drug-likeness (QED) is 0.488. The maximum atomic E-state index is 12.4. The van der Waals surface area contributed by atoms with Crippen LogP contribution < -0.4 is 20.3 Å². The van der Waals surface area contributed by atoms with Crippen LogP contribution in [0.2, 0.25) is 5.02 Å². The molecule has 10 heteroatoms. The molecule has 0 fully saturated rings. The molecule has 0 heterocycles. The number of amides is 2. The van der Waals surface area contributed by atoms with E-state index in [0.29, 0.717) is 5.75 Å². The zero-order valence-electron chi connectivity index (χ0n) is 16.7. The zero-order chi connectivity index (χ0) is 22.6. The lowest BCUT2D eigenvalue weighted by Gasteiger charge is -2.16. The molecule has 31 heavy (non-hydrogen) atoms. The summed E-state index contributed by atoms with van der Waals surface area (Å²) >= 11 is 6.00. The number of rotatable bonds is 6. The second-order valence-corrected chi connectivity index (χ2v) is 8.86. The van der Waals surface area contributed by atoms with Crippen LogP contribution >= 0.6 is 11.6 Å². The fraction of sp³-hybridized carbons (Fsp3) is 0.143. The minimum absolute atomic E-state index is 0.0299. The van der Waals surface area contributed by atoms with E-state index in [2.05, 4.69) is 15.6 Å². The Morgan fingerprint density at radius 2 is 1.68 bits per heavy atom. The van der Waals surface area contributed by atoms with Crippen molar-refractivity contribution in [2.45, 2.75) is 17.9 Å². The van der Waals surface area contributed by atoms with Gasteiger partial charge in [-0.1, -0.05) is 41.9 Å². The Morgan fingerprint density at radius 1 is 0.968 bits per heavy atom. The number of hydrogen-bond acceptors (Lipinski definition) is 5. The molecule has 0 bridgehead atoms. The molecule has 3 N–H and O–H groups in total. The fourth-order valence-electron chi connectivity index (χ4n) is 2.75. The van der Waals surface area contributed by atoms with Crippen LogP contribution in [0.15, 0.2) is 65.6 Å². The number of sulfonamides is 1. The lowest BCUT2D eigenvalue weighted by molar-refractivity contribution is -0.128. The third-order valence-corrected chi connectivity index (χ3v) is 6.21. The SMILES string of the molecule is CNS(=O)(=O)c1ccc(Cl)c(C(=O)NNC(=O)C(C)Oc2ccc3ccccc3c2)c1. The Kier molecular flexibility index (Phi) is 6.79. The van der Waals surface area contributed by atoms with E-state index in [1.54, 1.807) is 6.07 Å². The predicted octanol–water partition coefficient (Wildman–Crippen LogP) is 2.63. The van der Waals surface area contributed by atoms with Gasteiger partial charge in [0.05, 0.1) is 15.5 Å². The second kappa shape index (κ2) is 9.34. The Labute approximate surface area is 184 Å². The summed E-state index contributed by atoms with van der Waals surface area (Å²) < 4.78 is 31.7. The number of nitrogens with one attached hydrogen (secondary N) is 3. The van der Waals surface area contributed by atoms with Gasteiger partial charge in [-0.15, -0.1) is 0 Å². The molecule has 0 spiro atoms. The number of hydrazine groups is 1. The molecule has 1 unspecified atom stereocenters. The van der Waals surface area contributed by atoms with Gasteiger partial charge in [0.1, 0.15) is 5.75 Å². The maximum Gasteiger partial charge on any atom is 0.279 e. The summed E-state index contributed by atoms with van der Waals surface area (Å²) in [6.07, 6.45) is -0.909. The lowest BCUT2D eigenvalue weighted by Crippen LogP contribution is -2.47. The summed E-state index contributed by atoms with van der Waals surface area (Å²) in [5, 5.41) is 2.04. The van der Waals surface area contributed by atoms with E-state index >= 15 is 0 Å². The first-order chi connectivity index (χ1) is 14.7. The van der Waals surface area contributed by atoms with Crippen molar-refractivity contribution in [3.05, 3.63) is 71.2 Å². The molecule has 0 aliphatic rings. The normalized spacial score (nSPS) is 12.2.